The Morgan fingerprint density at radius 1 is 1.36 bits per heavy atom. The molecule has 1 N–H and O–H groups in total. The first-order chi connectivity index (χ1) is 6.77. The van der Waals surface area contributed by atoms with E-state index in [1.165, 1.54) is 0 Å². The van der Waals surface area contributed by atoms with E-state index in [-0.39, 0.29) is 17.3 Å². The third-order valence-corrected chi connectivity index (χ3v) is 3.63. The number of hydrogen-bond acceptors (Lipinski definition) is 1. The topological polar surface area (TPSA) is 29.1 Å². The molecule has 0 aromatic heterocycles. The molecular formula is C11H10ClNO. The van der Waals surface area contributed by atoms with Gasteiger partial charge in [-0.05, 0) is 18.1 Å². The minimum atomic E-state index is 0.0467. The molecular weight excluding hydrogens is 198 g/mol. The van der Waals surface area contributed by atoms with Crippen molar-refractivity contribution in [1.29, 1.82) is 0 Å². The van der Waals surface area contributed by atoms with Gasteiger partial charge in [-0.2, -0.15) is 0 Å². The second-order valence-corrected chi connectivity index (χ2v) is 4.51. The summed E-state index contributed by atoms with van der Waals surface area (Å²) in [6.07, 6.45) is 0.895. The Labute approximate surface area is 87.3 Å². The largest absolute Gasteiger partial charge is 0.349 e. The fourth-order valence-electron chi connectivity index (χ4n) is 2.39. The van der Waals surface area contributed by atoms with Crippen LogP contribution in [0.3, 0.4) is 0 Å². The highest BCUT2D eigenvalue weighted by Crippen LogP contribution is 2.44. The molecule has 72 valence electrons. The summed E-state index contributed by atoms with van der Waals surface area (Å²) in [6.45, 7) is 0. The summed E-state index contributed by atoms with van der Waals surface area (Å²) in [4.78, 5) is 11.6. The maximum atomic E-state index is 11.6. The molecule has 2 nitrogen and oxygen atoms in total. The maximum absolute atomic E-state index is 11.6. The SMILES string of the molecule is O=C1N[C@H]2C[C@H](Cl)[C@H]2c2ccccc21. The Morgan fingerprint density at radius 2 is 2.14 bits per heavy atom. The van der Waals surface area contributed by atoms with Crippen LogP contribution in [-0.2, 0) is 0 Å². The third kappa shape index (κ3) is 0.947. The zero-order valence-electron chi connectivity index (χ0n) is 7.53. The Balaban J connectivity index is 2.13. The molecule has 1 aromatic rings. The van der Waals surface area contributed by atoms with E-state index in [1.807, 2.05) is 24.3 Å². The summed E-state index contributed by atoms with van der Waals surface area (Å²) in [5, 5.41) is 3.16. The lowest BCUT2D eigenvalue weighted by Gasteiger charge is -2.45. The van der Waals surface area contributed by atoms with Crippen LogP contribution in [0.1, 0.15) is 28.3 Å². The molecule has 0 unspecified atom stereocenters. The van der Waals surface area contributed by atoms with Gasteiger partial charge in [-0.25, -0.2) is 0 Å². The number of rotatable bonds is 0. The maximum Gasteiger partial charge on any atom is 0.251 e. The average molecular weight is 208 g/mol. The number of fused-ring (bicyclic) bond motifs is 3. The van der Waals surface area contributed by atoms with Crippen LogP contribution in [0.25, 0.3) is 0 Å². The van der Waals surface area contributed by atoms with Crippen molar-refractivity contribution in [1.82, 2.24) is 5.32 Å². The Kier molecular flexibility index (Phi) is 1.62. The Morgan fingerprint density at radius 3 is 2.93 bits per heavy atom. The van der Waals surface area contributed by atoms with Gasteiger partial charge >= 0.3 is 0 Å². The van der Waals surface area contributed by atoms with Gasteiger partial charge in [0, 0.05) is 22.9 Å². The van der Waals surface area contributed by atoms with Gasteiger partial charge < -0.3 is 5.32 Å². The number of halogens is 1. The molecule has 14 heavy (non-hydrogen) atoms. The lowest BCUT2D eigenvalue weighted by atomic mass is 9.70. The number of amides is 1. The quantitative estimate of drug-likeness (QED) is 0.647. The van der Waals surface area contributed by atoms with E-state index in [0.717, 1.165) is 17.5 Å². The fraction of sp³-hybridized carbons (Fsp3) is 0.364. The van der Waals surface area contributed by atoms with Crippen LogP contribution in [-0.4, -0.2) is 17.3 Å². The van der Waals surface area contributed by atoms with Gasteiger partial charge in [-0.1, -0.05) is 18.2 Å². The molecule has 3 heteroatoms. The highest BCUT2D eigenvalue weighted by Gasteiger charge is 2.46. The molecule has 1 amide bonds. The molecule has 3 rings (SSSR count). The summed E-state index contributed by atoms with van der Waals surface area (Å²) in [6, 6.07) is 8.00. The second kappa shape index (κ2) is 2.74. The van der Waals surface area contributed by atoms with Crippen LogP contribution >= 0.6 is 11.6 Å². The van der Waals surface area contributed by atoms with E-state index in [2.05, 4.69) is 5.32 Å². The van der Waals surface area contributed by atoms with Crippen LogP contribution in [0.5, 0.6) is 0 Å². The van der Waals surface area contributed by atoms with Crippen LogP contribution in [0.2, 0.25) is 0 Å². The first kappa shape index (κ1) is 8.30. The summed E-state index contributed by atoms with van der Waals surface area (Å²) in [5.41, 5.74) is 1.91. The zero-order valence-corrected chi connectivity index (χ0v) is 8.29. The molecule has 1 fully saturated rings. The first-order valence-corrected chi connectivity index (χ1v) is 5.25. The number of alkyl halides is 1. The van der Waals surface area contributed by atoms with E-state index in [4.69, 9.17) is 11.6 Å². The van der Waals surface area contributed by atoms with Crippen molar-refractivity contribution in [2.24, 2.45) is 0 Å². The minimum Gasteiger partial charge on any atom is -0.349 e. The third-order valence-electron chi connectivity index (χ3n) is 3.18. The van der Waals surface area contributed by atoms with E-state index < -0.39 is 0 Å². The number of carbonyl (C=O) groups excluding carboxylic acids is 1. The van der Waals surface area contributed by atoms with Gasteiger partial charge in [-0.15, -0.1) is 11.6 Å². The van der Waals surface area contributed by atoms with Gasteiger partial charge in [0.1, 0.15) is 0 Å². The predicted molar refractivity (Wildman–Crippen MR) is 54.7 cm³/mol. The molecule has 2 aliphatic rings. The molecule has 0 bridgehead atoms. The smallest absolute Gasteiger partial charge is 0.251 e. The molecule has 1 aliphatic heterocycles. The van der Waals surface area contributed by atoms with Crippen molar-refractivity contribution in [3.05, 3.63) is 35.4 Å². The van der Waals surface area contributed by atoms with Gasteiger partial charge in [0.2, 0.25) is 0 Å². The highest BCUT2D eigenvalue weighted by atomic mass is 35.5. The summed E-state index contributed by atoms with van der Waals surface area (Å²) < 4.78 is 0. The molecule has 0 radical (unpaired) electrons. The summed E-state index contributed by atoms with van der Waals surface area (Å²) in [7, 11) is 0. The lowest BCUT2D eigenvalue weighted by Crippen LogP contribution is -2.55. The van der Waals surface area contributed by atoms with Crippen molar-refractivity contribution in [3.63, 3.8) is 0 Å². The number of nitrogens with one attached hydrogen (secondary N) is 1. The van der Waals surface area contributed by atoms with Crippen LogP contribution in [0, 0.1) is 0 Å². The fourth-order valence-corrected chi connectivity index (χ4v) is 2.90. The first-order valence-electron chi connectivity index (χ1n) is 4.81. The van der Waals surface area contributed by atoms with E-state index in [1.54, 1.807) is 0 Å². The van der Waals surface area contributed by atoms with E-state index in [0.29, 0.717) is 5.92 Å². The van der Waals surface area contributed by atoms with Crippen LogP contribution in [0.4, 0.5) is 0 Å². The lowest BCUT2D eigenvalue weighted by molar-refractivity contribution is 0.0881. The van der Waals surface area contributed by atoms with Crippen molar-refractivity contribution in [2.75, 3.05) is 0 Å². The number of hydrogen-bond donors (Lipinski definition) is 1. The normalized spacial score (nSPS) is 33.8. The van der Waals surface area contributed by atoms with Crippen molar-refractivity contribution in [2.45, 2.75) is 23.8 Å². The predicted octanol–water partition coefficient (Wildman–Crippen LogP) is 1.89. The zero-order chi connectivity index (χ0) is 9.71. The van der Waals surface area contributed by atoms with Gasteiger partial charge in [-0.3, -0.25) is 4.79 Å². The average Bonchev–Trinajstić information content (AvgIpc) is 2.16. The summed E-state index contributed by atoms with van der Waals surface area (Å²) >= 11 is 6.15. The van der Waals surface area contributed by atoms with Gasteiger partial charge in [0.05, 0.1) is 0 Å². The van der Waals surface area contributed by atoms with Gasteiger partial charge in [0.15, 0.2) is 0 Å². The molecule has 1 saturated carbocycles. The van der Waals surface area contributed by atoms with Crippen molar-refractivity contribution in [3.8, 4) is 0 Å². The van der Waals surface area contributed by atoms with Crippen LogP contribution < -0.4 is 5.32 Å². The second-order valence-electron chi connectivity index (χ2n) is 3.94. The van der Waals surface area contributed by atoms with Crippen LogP contribution in [0.15, 0.2) is 24.3 Å². The Bertz CT molecular complexity index is 404. The van der Waals surface area contributed by atoms with Crippen molar-refractivity contribution < 1.29 is 4.79 Å². The number of benzene rings is 1. The highest BCUT2D eigenvalue weighted by molar-refractivity contribution is 6.22. The molecule has 1 aliphatic carbocycles. The van der Waals surface area contributed by atoms with Crippen molar-refractivity contribution >= 4 is 17.5 Å². The molecule has 3 atom stereocenters. The summed E-state index contributed by atoms with van der Waals surface area (Å²) in [5.74, 6) is 0.371. The van der Waals surface area contributed by atoms with E-state index in [9.17, 15) is 4.79 Å². The Hall–Kier alpha value is -1.02. The minimum absolute atomic E-state index is 0.0467. The van der Waals surface area contributed by atoms with E-state index >= 15 is 0 Å². The molecule has 0 spiro atoms. The molecule has 0 saturated heterocycles. The monoisotopic (exact) mass is 207 g/mol. The van der Waals surface area contributed by atoms with Gasteiger partial charge in [0.25, 0.3) is 5.91 Å². The number of carbonyl (C=O) groups is 1. The molecule has 1 aromatic carbocycles. The standard InChI is InChI=1S/C11H10ClNO/c12-8-5-9-10(8)6-3-1-2-4-7(6)11(14)13-9/h1-4,8-10H,5H2,(H,13,14)/t8-,9-,10+/m0/s1. The molecule has 1 heterocycles.